The highest BCUT2D eigenvalue weighted by Gasteiger charge is 2.46. The van der Waals surface area contributed by atoms with Crippen LogP contribution < -0.4 is 10.9 Å². The van der Waals surface area contributed by atoms with Crippen LogP contribution in [0.5, 0.6) is 0 Å². The highest BCUT2D eigenvalue weighted by molar-refractivity contribution is 5.85. The van der Waals surface area contributed by atoms with Gasteiger partial charge in [0, 0.05) is 43.2 Å². The minimum Gasteiger partial charge on any atom is -0.422 e. The van der Waals surface area contributed by atoms with Gasteiger partial charge in [-0.15, -0.1) is 24.8 Å². The Kier molecular flexibility index (Phi) is 6.66. The van der Waals surface area contributed by atoms with E-state index >= 15 is 0 Å². The second-order valence-electron chi connectivity index (χ2n) is 8.84. The van der Waals surface area contributed by atoms with E-state index in [2.05, 4.69) is 29.3 Å². The summed E-state index contributed by atoms with van der Waals surface area (Å²) in [7, 11) is 0. The zero-order valence-electron chi connectivity index (χ0n) is 17.0. The molecule has 160 valence electrons. The average Bonchev–Trinajstić information content (AvgIpc) is 2.95. The molecule has 3 saturated heterocycles. The number of ether oxygens (including phenoxy) is 1. The van der Waals surface area contributed by atoms with Crippen molar-refractivity contribution in [2.24, 2.45) is 0 Å². The van der Waals surface area contributed by atoms with Gasteiger partial charge in [-0.05, 0) is 62.3 Å². The predicted molar refractivity (Wildman–Crippen MR) is 120 cm³/mol. The van der Waals surface area contributed by atoms with Crippen LogP contribution in [0.25, 0.3) is 11.0 Å². The second kappa shape index (κ2) is 8.56. The zero-order valence-corrected chi connectivity index (χ0v) is 18.7. The van der Waals surface area contributed by atoms with E-state index in [1.165, 1.54) is 18.4 Å². The lowest BCUT2D eigenvalue weighted by molar-refractivity contribution is -0.133. The molecule has 1 spiro atoms. The highest BCUT2D eigenvalue weighted by atomic mass is 35.5. The molecule has 0 amide bonds. The summed E-state index contributed by atoms with van der Waals surface area (Å²) in [6, 6.07) is 7.11. The van der Waals surface area contributed by atoms with Crippen LogP contribution in [0.15, 0.2) is 27.4 Å². The summed E-state index contributed by atoms with van der Waals surface area (Å²) in [5.41, 5.74) is 3.75. The van der Waals surface area contributed by atoms with Crippen LogP contribution in [0, 0.1) is 13.8 Å². The molecular weight excluding hydrogens is 411 g/mol. The van der Waals surface area contributed by atoms with E-state index in [1.807, 2.05) is 6.92 Å². The first-order chi connectivity index (χ1) is 13.0. The Balaban J connectivity index is 0.00000120. The molecule has 3 atom stereocenters. The molecule has 5 rings (SSSR count). The van der Waals surface area contributed by atoms with Crippen LogP contribution in [0.2, 0.25) is 0 Å². The van der Waals surface area contributed by atoms with E-state index in [-0.39, 0.29) is 36.0 Å². The van der Waals surface area contributed by atoms with Gasteiger partial charge in [-0.2, -0.15) is 0 Å². The van der Waals surface area contributed by atoms with Gasteiger partial charge in [0.15, 0.2) is 0 Å². The van der Waals surface area contributed by atoms with Crippen molar-refractivity contribution < 1.29 is 9.15 Å². The maximum atomic E-state index is 12.2. The summed E-state index contributed by atoms with van der Waals surface area (Å²) in [6.07, 6.45) is 4.77. The Morgan fingerprint density at radius 1 is 1.14 bits per heavy atom. The number of piperidine rings is 1. The number of nitrogens with zero attached hydrogens (tertiary/aromatic N) is 1. The number of hydrogen-bond acceptors (Lipinski definition) is 5. The number of hydrogen-bond donors (Lipinski definition) is 1. The first-order valence-electron chi connectivity index (χ1n) is 10.2. The third-order valence-corrected chi connectivity index (χ3v) is 6.55. The number of morpholine rings is 1. The van der Waals surface area contributed by atoms with Gasteiger partial charge >= 0.3 is 5.63 Å². The Hall–Kier alpha value is -1.11. The summed E-state index contributed by atoms with van der Waals surface area (Å²) in [5, 5.41) is 4.79. The zero-order chi connectivity index (χ0) is 18.6. The number of benzene rings is 1. The lowest BCUT2D eigenvalue weighted by Gasteiger charge is -2.47. The Morgan fingerprint density at radius 2 is 1.86 bits per heavy atom. The standard InChI is InChI=1S/C22H28N2O3.2ClH/c1-14-7-15(2)21-19(8-14)16(9-20(25)27-21)12-24-5-6-26-22(13-24)10-17-3-4-18(11-22)23-17;;/h7-9,17-18,23H,3-6,10-13H2,1-2H3;2*1H/t17-,18+,22?;;. The Labute approximate surface area is 184 Å². The minimum atomic E-state index is -0.257. The van der Waals surface area contributed by atoms with Crippen molar-refractivity contribution in [3.05, 3.63) is 45.3 Å². The third kappa shape index (κ3) is 4.35. The highest BCUT2D eigenvalue weighted by Crippen LogP contribution is 2.39. The van der Waals surface area contributed by atoms with Gasteiger partial charge in [0.1, 0.15) is 5.58 Å². The lowest BCUT2D eigenvalue weighted by Crippen LogP contribution is -2.58. The van der Waals surface area contributed by atoms with Crippen molar-refractivity contribution in [3.63, 3.8) is 0 Å². The fraction of sp³-hybridized carbons (Fsp3) is 0.591. The van der Waals surface area contributed by atoms with Gasteiger partial charge in [0.05, 0.1) is 12.2 Å². The van der Waals surface area contributed by atoms with E-state index in [9.17, 15) is 4.79 Å². The van der Waals surface area contributed by atoms with Crippen LogP contribution in [0.1, 0.15) is 42.4 Å². The molecule has 3 aliphatic rings. The molecule has 1 N–H and O–H groups in total. The first kappa shape index (κ1) is 22.6. The number of nitrogens with one attached hydrogen (secondary N) is 1. The fourth-order valence-corrected chi connectivity index (χ4v) is 5.56. The van der Waals surface area contributed by atoms with E-state index < -0.39 is 0 Å². The monoisotopic (exact) mass is 440 g/mol. The molecule has 0 saturated carbocycles. The number of halogens is 2. The maximum Gasteiger partial charge on any atom is 0.336 e. The largest absolute Gasteiger partial charge is 0.422 e. The van der Waals surface area contributed by atoms with Gasteiger partial charge in [-0.3, -0.25) is 4.90 Å². The second-order valence-corrected chi connectivity index (χ2v) is 8.84. The molecule has 7 heteroatoms. The van der Waals surface area contributed by atoms with E-state index in [0.717, 1.165) is 61.2 Å². The molecule has 1 unspecified atom stereocenters. The van der Waals surface area contributed by atoms with Gasteiger partial charge in [0.2, 0.25) is 0 Å². The van der Waals surface area contributed by atoms with Crippen LogP contribution >= 0.6 is 24.8 Å². The topological polar surface area (TPSA) is 54.7 Å². The van der Waals surface area contributed by atoms with E-state index in [1.54, 1.807) is 6.07 Å². The van der Waals surface area contributed by atoms with Gasteiger partial charge in [0.25, 0.3) is 0 Å². The van der Waals surface area contributed by atoms with Crippen LogP contribution in [-0.4, -0.2) is 42.3 Å². The van der Waals surface area contributed by atoms with Crippen molar-refractivity contribution in [3.8, 4) is 0 Å². The summed E-state index contributed by atoms with van der Waals surface area (Å²) < 4.78 is 11.9. The maximum absolute atomic E-state index is 12.2. The molecule has 3 aliphatic heterocycles. The summed E-state index contributed by atoms with van der Waals surface area (Å²) in [6.45, 7) is 7.52. The van der Waals surface area contributed by atoms with Crippen molar-refractivity contribution in [2.75, 3.05) is 19.7 Å². The van der Waals surface area contributed by atoms with Gasteiger partial charge in [-0.1, -0.05) is 6.07 Å². The van der Waals surface area contributed by atoms with Gasteiger partial charge < -0.3 is 14.5 Å². The smallest absolute Gasteiger partial charge is 0.336 e. The van der Waals surface area contributed by atoms with Crippen molar-refractivity contribution in [2.45, 2.75) is 63.8 Å². The molecular formula is C22H30Cl2N2O3. The van der Waals surface area contributed by atoms with Crippen LogP contribution in [-0.2, 0) is 11.3 Å². The molecule has 0 radical (unpaired) electrons. The molecule has 0 aliphatic carbocycles. The quantitative estimate of drug-likeness (QED) is 0.720. The minimum absolute atomic E-state index is 0. The molecule has 2 aromatic rings. The van der Waals surface area contributed by atoms with E-state index in [0.29, 0.717) is 12.1 Å². The normalized spacial score (nSPS) is 28.9. The van der Waals surface area contributed by atoms with Crippen LogP contribution in [0.4, 0.5) is 0 Å². The van der Waals surface area contributed by atoms with Crippen molar-refractivity contribution >= 4 is 35.8 Å². The number of rotatable bonds is 2. The van der Waals surface area contributed by atoms with E-state index in [4.69, 9.17) is 9.15 Å². The molecule has 1 aromatic carbocycles. The summed E-state index contributed by atoms with van der Waals surface area (Å²) >= 11 is 0. The Morgan fingerprint density at radius 3 is 2.59 bits per heavy atom. The molecule has 3 fully saturated rings. The average molecular weight is 441 g/mol. The summed E-state index contributed by atoms with van der Waals surface area (Å²) in [4.78, 5) is 14.6. The van der Waals surface area contributed by atoms with Crippen molar-refractivity contribution in [1.29, 1.82) is 0 Å². The Bertz CT molecular complexity index is 934. The fourth-order valence-electron chi connectivity index (χ4n) is 5.56. The SMILES string of the molecule is Cc1cc(C)c2oc(=O)cc(CN3CCOC4(C[C@H]5CC[C@@H](C4)N5)C3)c2c1.Cl.Cl. The molecule has 5 nitrogen and oxygen atoms in total. The first-order valence-corrected chi connectivity index (χ1v) is 10.2. The molecule has 1 aromatic heterocycles. The molecule has 2 bridgehead atoms. The molecule has 4 heterocycles. The molecule has 29 heavy (non-hydrogen) atoms. The predicted octanol–water partition coefficient (Wildman–Crippen LogP) is 3.74. The third-order valence-electron chi connectivity index (χ3n) is 6.55. The lowest BCUT2D eigenvalue weighted by atomic mass is 9.85. The number of aryl methyl sites for hydroxylation is 2. The summed E-state index contributed by atoms with van der Waals surface area (Å²) in [5.74, 6) is 0. The van der Waals surface area contributed by atoms with Crippen molar-refractivity contribution in [1.82, 2.24) is 10.2 Å². The van der Waals surface area contributed by atoms with Crippen LogP contribution in [0.3, 0.4) is 0 Å². The number of fused-ring (bicyclic) bond motifs is 3. The van der Waals surface area contributed by atoms with Gasteiger partial charge in [-0.25, -0.2) is 4.79 Å².